The molecule has 0 aromatic heterocycles. The highest BCUT2D eigenvalue weighted by atomic mass is 16.2. The maximum absolute atomic E-state index is 13.2. The minimum absolute atomic E-state index is 0.00162. The predicted molar refractivity (Wildman–Crippen MR) is 114 cm³/mol. The Hall–Kier alpha value is -3.15. The maximum Gasteiger partial charge on any atom is 0.270 e. The SMILES string of the molecule is CC(=O)N1CCCN(C(=O)C2=NN(c3ccccc3)C(c3ccccc3)C2)CC1. The minimum Gasteiger partial charge on any atom is -0.341 e. The number of nitrogens with zero attached hydrogens (tertiary/aromatic N) is 4. The average Bonchev–Trinajstić information content (AvgIpc) is 3.05. The van der Waals surface area contributed by atoms with Gasteiger partial charge in [-0.3, -0.25) is 14.6 Å². The monoisotopic (exact) mass is 390 g/mol. The Morgan fingerprint density at radius 2 is 1.48 bits per heavy atom. The molecule has 2 aliphatic rings. The number of carbonyl (C=O) groups is 2. The summed E-state index contributed by atoms with van der Waals surface area (Å²) in [7, 11) is 0. The van der Waals surface area contributed by atoms with E-state index in [2.05, 4.69) is 12.1 Å². The van der Waals surface area contributed by atoms with Gasteiger partial charge in [0.15, 0.2) is 0 Å². The lowest BCUT2D eigenvalue weighted by Crippen LogP contribution is -2.39. The van der Waals surface area contributed by atoms with Gasteiger partial charge < -0.3 is 9.80 Å². The lowest BCUT2D eigenvalue weighted by molar-refractivity contribution is -0.129. The number of hydrogen-bond acceptors (Lipinski definition) is 4. The van der Waals surface area contributed by atoms with Crippen molar-refractivity contribution in [3.63, 3.8) is 0 Å². The number of hydrazone groups is 1. The van der Waals surface area contributed by atoms with E-state index in [1.165, 1.54) is 0 Å². The first-order chi connectivity index (χ1) is 14.1. The van der Waals surface area contributed by atoms with Crippen LogP contribution in [-0.2, 0) is 9.59 Å². The largest absolute Gasteiger partial charge is 0.341 e. The molecule has 29 heavy (non-hydrogen) atoms. The van der Waals surface area contributed by atoms with E-state index in [0.717, 1.165) is 17.7 Å². The van der Waals surface area contributed by atoms with Crippen LogP contribution in [0.15, 0.2) is 65.8 Å². The Bertz CT molecular complexity index is 898. The zero-order valence-electron chi connectivity index (χ0n) is 16.7. The summed E-state index contributed by atoms with van der Waals surface area (Å²) >= 11 is 0. The summed E-state index contributed by atoms with van der Waals surface area (Å²) in [4.78, 5) is 28.6. The highest BCUT2D eigenvalue weighted by Crippen LogP contribution is 2.35. The van der Waals surface area contributed by atoms with Crippen molar-refractivity contribution in [1.82, 2.24) is 9.80 Å². The predicted octanol–water partition coefficient (Wildman–Crippen LogP) is 3.07. The van der Waals surface area contributed by atoms with Crippen molar-refractivity contribution in [1.29, 1.82) is 0 Å². The number of anilines is 1. The molecule has 2 amide bonds. The quantitative estimate of drug-likeness (QED) is 0.809. The van der Waals surface area contributed by atoms with Crippen molar-refractivity contribution in [3.8, 4) is 0 Å². The highest BCUT2D eigenvalue weighted by molar-refractivity contribution is 6.39. The van der Waals surface area contributed by atoms with Gasteiger partial charge in [-0.25, -0.2) is 0 Å². The van der Waals surface area contributed by atoms with E-state index in [1.807, 2.05) is 63.3 Å². The molecule has 1 saturated heterocycles. The molecule has 2 aliphatic heterocycles. The van der Waals surface area contributed by atoms with E-state index < -0.39 is 0 Å². The van der Waals surface area contributed by atoms with Gasteiger partial charge in [0.1, 0.15) is 5.71 Å². The summed E-state index contributed by atoms with van der Waals surface area (Å²) in [6.07, 6.45) is 1.37. The Labute approximate surface area is 171 Å². The summed E-state index contributed by atoms with van der Waals surface area (Å²) in [6.45, 7) is 4.08. The fourth-order valence-corrected chi connectivity index (χ4v) is 4.01. The van der Waals surface area contributed by atoms with E-state index in [9.17, 15) is 9.59 Å². The summed E-state index contributed by atoms with van der Waals surface area (Å²) in [5, 5.41) is 6.71. The number of benzene rings is 2. The standard InChI is InChI=1S/C23H26N4O2/c1-18(28)25-13-8-14-26(16-15-25)23(29)21-17-22(19-9-4-2-5-10-19)27(24-21)20-11-6-3-7-12-20/h2-7,9-12,22H,8,13-17H2,1H3. The molecule has 6 nitrogen and oxygen atoms in total. The molecule has 1 fully saturated rings. The molecular weight excluding hydrogens is 364 g/mol. The number of carbonyl (C=O) groups excluding carboxylic acids is 2. The van der Waals surface area contributed by atoms with Crippen LogP contribution in [0.3, 0.4) is 0 Å². The van der Waals surface area contributed by atoms with E-state index >= 15 is 0 Å². The van der Waals surface area contributed by atoms with Gasteiger partial charge in [-0.05, 0) is 24.1 Å². The van der Waals surface area contributed by atoms with Crippen LogP contribution in [0.4, 0.5) is 5.69 Å². The van der Waals surface area contributed by atoms with Crippen LogP contribution < -0.4 is 5.01 Å². The minimum atomic E-state index is -0.0187. The summed E-state index contributed by atoms with van der Waals surface area (Å²) < 4.78 is 0. The van der Waals surface area contributed by atoms with Crippen LogP contribution in [0, 0.1) is 0 Å². The van der Waals surface area contributed by atoms with E-state index in [-0.39, 0.29) is 17.9 Å². The van der Waals surface area contributed by atoms with Crippen LogP contribution in [0.25, 0.3) is 0 Å². The molecule has 6 heteroatoms. The Kier molecular flexibility index (Phi) is 5.60. The second-order valence-corrected chi connectivity index (χ2v) is 7.51. The molecule has 2 aromatic rings. The second-order valence-electron chi connectivity index (χ2n) is 7.51. The summed E-state index contributed by atoms with van der Waals surface area (Å²) in [6, 6.07) is 20.2. The molecule has 1 unspecified atom stereocenters. The Morgan fingerprint density at radius 1 is 0.862 bits per heavy atom. The second kappa shape index (κ2) is 8.47. The Morgan fingerprint density at radius 3 is 2.17 bits per heavy atom. The molecule has 0 spiro atoms. The van der Waals surface area contributed by atoms with Crippen molar-refractivity contribution < 1.29 is 9.59 Å². The van der Waals surface area contributed by atoms with Gasteiger partial charge in [-0.15, -0.1) is 0 Å². The molecule has 0 bridgehead atoms. The average molecular weight is 390 g/mol. The fourth-order valence-electron chi connectivity index (χ4n) is 4.01. The first-order valence-electron chi connectivity index (χ1n) is 10.1. The molecule has 0 N–H and O–H groups in total. The molecule has 2 aromatic carbocycles. The zero-order chi connectivity index (χ0) is 20.2. The van der Waals surface area contributed by atoms with Crippen molar-refractivity contribution in [2.75, 3.05) is 31.2 Å². The third-order valence-corrected chi connectivity index (χ3v) is 5.59. The van der Waals surface area contributed by atoms with Gasteiger partial charge in [0, 0.05) is 39.5 Å². The molecule has 0 aliphatic carbocycles. The molecule has 150 valence electrons. The first kappa shape index (κ1) is 19.2. The van der Waals surface area contributed by atoms with Crippen LogP contribution in [0.5, 0.6) is 0 Å². The molecule has 0 saturated carbocycles. The normalized spacial score (nSPS) is 19.7. The van der Waals surface area contributed by atoms with E-state index in [1.54, 1.807) is 6.92 Å². The van der Waals surface area contributed by atoms with E-state index in [0.29, 0.717) is 38.3 Å². The van der Waals surface area contributed by atoms with Crippen molar-refractivity contribution in [3.05, 3.63) is 66.2 Å². The van der Waals surface area contributed by atoms with Crippen molar-refractivity contribution in [2.45, 2.75) is 25.8 Å². The molecule has 1 atom stereocenters. The first-order valence-corrected chi connectivity index (χ1v) is 10.1. The number of rotatable bonds is 3. The summed E-state index contributed by atoms with van der Waals surface area (Å²) in [5.74, 6) is 0.0478. The van der Waals surface area contributed by atoms with Gasteiger partial charge in [-0.2, -0.15) is 5.10 Å². The van der Waals surface area contributed by atoms with Gasteiger partial charge in [0.05, 0.1) is 11.7 Å². The van der Waals surface area contributed by atoms with E-state index in [4.69, 9.17) is 5.10 Å². The summed E-state index contributed by atoms with van der Waals surface area (Å²) in [5.41, 5.74) is 2.70. The van der Waals surface area contributed by atoms with Gasteiger partial charge in [0.2, 0.25) is 5.91 Å². The lowest BCUT2D eigenvalue weighted by atomic mass is 10.0. The fraction of sp³-hybridized carbons (Fsp3) is 0.348. The maximum atomic E-state index is 13.2. The third kappa shape index (κ3) is 4.16. The molecule has 2 heterocycles. The van der Waals surface area contributed by atoms with Crippen LogP contribution in [0.1, 0.15) is 31.4 Å². The topological polar surface area (TPSA) is 56.2 Å². The number of amides is 2. The van der Waals surface area contributed by atoms with Gasteiger partial charge in [-0.1, -0.05) is 48.5 Å². The van der Waals surface area contributed by atoms with Crippen molar-refractivity contribution >= 4 is 23.2 Å². The molecule has 0 radical (unpaired) electrons. The van der Waals surface area contributed by atoms with Gasteiger partial charge in [0.25, 0.3) is 5.91 Å². The van der Waals surface area contributed by atoms with Crippen LogP contribution in [-0.4, -0.2) is 53.5 Å². The highest BCUT2D eigenvalue weighted by Gasteiger charge is 2.34. The number of para-hydroxylation sites is 1. The van der Waals surface area contributed by atoms with Crippen LogP contribution >= 0.6 is 0 Å². The molecular formula is C23H26N4O2. The molecule has 4 rings (SSSR count). The van der Waals surface area contributed by atoms with Crippen molar-refractivity contribution in [2.24, 2.45) is 5.10 Å². The third-order valence-electron chi connectivity index (χ3n) is 5.59. The van der Waals surface area contributed by atoms with Crippen LogP contribution in [0.2, 0.25) is 0 Å². The lowest BCUT2D eigenvalue weighted by Gasteiger charge is -2.23. The Balaban J connectivity index is 1.57. The van der Waals surface area contributed by atoms with Gasteiger partial charge >= 0.3 is 0 Å². The number of hydrogen-bond donors (Lipinski definition) is 0. The zero-order valence-corrected chi connectivity index (χ0v) is 16.7. The smallest absolute Gasteiger partial charge is 0.270 e.